The van der Waals surface area contributed by atoms with E-state index in [1.54, 1.807) is 0 Å². The van der Waals surface area contributed by atoms with Crippen LogP contribution < -0.4 is 0 Å². The molecule has 0 aromatic rings. The lowest BCUT2D eigenvalue weighted by molar-refractivity contribution is 0.0103. The molecule has 20 heavy (non-hydrogen) atoms. The molecule has 0 amide bonds. The van der Waals surface area contributed by atoms with Crippen molar-refractivity contribution in [3.8, 4) is 0 Å². The van der Waals surface area contributed by atoms with Crippen LogP contribution in [0.5, 0.6) is 0 Å². The lowest BCUT2D eigenvalue weighted by Crippen LogP contribution is -2.29. The molecule has 2 rings (SSSR count). The highest BCUT2D eigenvalue weighted by Crippen LogP contribution is 2.33. The third-order valence-corrected chi connectivity index (χ3v) is 4.83. The molecule has 0 N–H and O–H groups in total. The van der Waals surface area contributed by atoms with Gasteiger partial charge in [0.2, 0.25) is 0 Å². The summed E-state index contributed by atoms with van der Waals surface area (Å²) in [5.74, 6) is 1.66. The molecule has 2 heterocycles. The van der Waals surface area contributed by atoms with Gasteiger partial charge in [0.25, 0.3) is 0 Å². The highest BCUT2D eigenvalue weighted by Gasteiger charge is 2.26. The SMILES string of the molecule is CC(C)(C)C1CCCOC1.CC(C)(C)C1CCOCC1. The van der Waals surface area contributed by atoms with Gasteiger partial charge >= 0.3 is 0 Å². The summed E-state index contributed by atoms with van der Waals surface area (Å²) in [6.07, 6.45) is 5.11. The van der Waals surface area contributed by atoms with Gasteiger partial charge in [0.1, 0.15) is 0 Å². The fourth-order valence-corrected chi connectivity index (χ4v) is 2.99. The van der Waals surface area contributed by atoms with Gasteiger partial charge in [-0.1, -0.05) is 41.5 Å². The van der Waals surface area contributed by atoms with Crippen LogP contribution in [0.2, 0.25) is 0 Å². The Morgan fingerprint density at radius 3 is 1.50 bits per heavy atom. The number of ether oxygens (including phenoxy) is 2. The molecule has 120 valence electrons. The predicted octanol–water partition coefficient (Wildman–Crippen LogP) is 4.92. The van der Waals surface area contributed by atoms with E-state index in [0.29, 0.717) is 10.8 Å². The van der Waals surface area contributed by atoms with Crippen molar-refractivity contribution in [3.63, 3.8) is 0 Å². The van der Waals surface area contributed by atoms with Crippen molar-refractivity contribution >= 4 is 0 Å². The molecule has 0 bridgehead atoms. The third kappa shape index (κ3) is 6.58. The Balaban J connectivity index is 0.000000200. The van der Waals surface area contributed by atoms with Crippen LogP contribution in [-0.2, 0) is 9.47 Å². The summed E-state index contributed by atoms with van der Waals surface area (Å²) in [4.78, 5) is 0. The maximum atomic E-state index is 5.41. The quantitative estimate of drug-likeness (QED) is 0.628. The normalized spacial score (nSPS) is 25.8. The molecule has 0 saturated carbocycles. The van der Waals surface area contributed by atoms with Crippen LogP contribution in [0, 0.1) is 22.7 Å². The molecule has 2 fully saturated rings. The van der Waals surface area contributed by atoms with Crippen molar-refractivity contribution in [1.82, 2.24) is 0 Å². The molecule has 0 spiro atoms. The standard InChI is InChI=1S/2C9H18O/c1-9(2,3)8-4-6-10-7-5-8;1-9(2,3)8-5-4-6-10-7-8/h2*8H,4-7H2,1-3H3. The zero-order valence-electron chi connectivity index (χ0n) is 14.6. The van der Waals surface area contributed by atoms with Gasteiger partial charge in [-0.05, 0) is 48.3 Å². The van der Waals surface area contributed by atoms with Crippen LogP contribution in [0.15, 0.2) is 0 Å². The second-order valence-corrected chi connectivity index (χ2v) is 8.53. The zero-order chi connectivity index (χ0) is 15.2. The lowest BCUT2D eigenvalue weighted by Gasteiger charge is -2.33. The molecule has 0 radical (unpaired) electrons. The summed E-state index contributed by atoms with van der Waals surface area (Å²) >= 11 is 0. The maximum absolute atomic E-state index is 5.41. The summed E-state index contributed by atoms with van der Waals surface area (Å²) in [6.45, 7) is 17.8. The second-order valence-electron chi connectivity index (χ2n) is 8.53. The van der Waals surface area contributed by atoms with Crippen LogP contribution in [0.1, 0.15) is 67.2 Å². The minimum Gasteiger partial charge on any atom is -0.381 e. The summed E-state index contributed by atoms with van der Waals surface area (Å²) in [6, 6.07) is 0. The smallest absolute Gasteiger partial charge is 0.0499 e. The lowest BCUT2D eigenvalue weighted by atomic mass is 9.76. The minimum absolute atomic E-state index is 0.445. The van der Waals surface area contributed by atoms with Crippen molar-refractivity contribution in [2.45, 2.75) is 67.2 Å². The van der Waals surface area contributed by atoms with E-state index >= 15 is 0 Å². The van der Waals surface area contributed by atoms with Gasteiger partial charge in [0.15, 0.2) is 0 Å². The molecule has 1 atom stereocenters. The van der Waals surface area contributed by atoms with E-state index in [-0.39, 0.29) is 0 Å². The summed E-state index contributed by atoms with van der Waals surface area (Å²) < 4.78 is 10.7. The molecular formula is C18H36O2. The first kappa shape index (κ1) is 18.0. The van der Waals surface area contributed by atoms with E-state index in [0.717, 1.165) is 38.3 Å². The first-order valence-corrected chi connectivity index (χ1v) is 8.37. The molecule has 2 saturated heterocycles. The van der Waals surface area contributed by atoms with Crippen molar-refractivity contribution < 1.29 is 9.47 Å². The Morgan fingerprint density at radius 1 is 0.650 bits per heavy atom. The van der Waals surface area contributed by atoms with Crippen LogP contribution in [0.4, 0.5) is 0 Å². The van der Waals surface area contributed by atoms with E-state index < -0.39 is 0 Å². The molecule has 0 aromatic heterocycles. The van der Waals surface area contributed by atoms with Crippen LogP contribution in [-0.4, -0.2) is 26.4 Å². The van der Waals surface area contributed by atoms with Crippen molar-refractivity contribution in [1.29, 1.82) is 0 Å². The Bertz CT molecular complexity index is 220. The largest absolute Gasteiger partial charge is 0.381 e. The molecule has 2 aliphatic rings. The van der Waals surface area contributed by atoms with Crippen molar-refractivity contribution in [2.24, 2.45) is 22.7 Å². The molecule has 0 aliphatic carbocycles. The molecule has 1 unspecified atom stereocenters. The third-order valence-electron chi connectivity index (χ3n) is 4.83. The minimum atomic E-state index is 0.445. The zero-order valence-corrected chi connectivity index (χ0v) is 14.6. The summed E-state index contributed by atoms with van der Waals surface area (Å²) in [5.41, 5.74) is 0.935. The van der Waals surface area contributed by atoms with Crippen LogP contribution in [0.3, 0.4) is 0 Å². The molecule has 2 nitrogen and oxygen atoms in total. The molecular weight excluding hydrogens is 248 g/mol. The Labute approximate surface area is 126 Å². The van der Waals surface area contributed by atoms with E-state index in [1.807, 2.05) is 0 Å². The van der Waals surface area contributed by atoms with Crippen LogP contribution >= 0.6 is 0 Å². The van der Waals surface area contributed by atoms with Gasteiger partial charge in [-0.3, -0.25) is 0 Å². The monoisotopic (exact) mass is 284 g/mol. The fourth-order valence-electron chi connectivity index (χ4n) is 2.99. The van der Waals surface area contributed by atoms with Gasteiger partial charge in [-0.15, -0.1) is 0 Å². The van der Waals surface area contributed by atoms with Crippen molar-refractivity contribution in [2.75, 3.05) is 26.4 Å². The molecule has 2 heteroatoms. The van der Waals surface area contributed by atoms with E-state index in [2.05, 4.69) is 41.5 Å². The number of hydrogen-bond donors (Lipinski definition) is 0. The average molecular weight is 284 g/mol. The highest BCUT2D eigenvalue weighted by molar-refractivity contribution is 4.76. The second kappa shape index (κ2) is 7.79. The van der Waals surface area contributed by atoms with Gasteiger partial charge in [0.05, 0.1) is 0 Å². The molecule has 0 aromatic carbocycles. The van der Waals surface area contributed by atoms with E-state index in [1.165, 1.54) is 25.7 Å². The van der Waals surface area contributed by atoms with Gasteiger partial charge in [-0.25, -0.2) is 0 Å². The topological polar surface area (TPSA) is 18.5 Å². The highest BCUT2D eigenvalue weighted by atomic mass is 16.5. The predicted molar refractivity (Wildman–Crippen MR) is 86.0 cm³/mol. The average Bonchev–Trinajstić information content (AvgIpc) is 2.40. The Kier molecular flexibility index (Phi) is 7.00. The van der Waals surface area contributed by atoms with Crippen molar-refractivity contribution in [3.05, 3.63) is 0 Å². The maximum Gasteiger partial charge on any atom is 0.0499 e. The first-order chi connectivity index (χ1) is 9.21. The van der Waals surface area contributed by atoms with Gasteiger partial charge < -0.3 is 9.47 Å². The fraction of sp³-hybridized carbons (Fsp3) is 1.00. The summed E-state index contributed by atoms with van der Waals surface area (Å²) in [5, 5.41) is 0. The number of rotatable bonds is 0. The van der Waals surface area contributed by atoms with Crippen LogP contribution in [0.25, 0.3) is 0 Å². The number of hydrogen-bond acceptors (Lipinski definition) is 2. The summed E-state index contributed by atoms with van der Waals surface area (Å²) in [7, 11) is 0. The van der Waals surface area contributed by atoms with Gasteiger partial charge in [0, 0.05) is 26.4 Å². The van der Waals surface area contributed by atoms with E-state index in [9.17, 15) is 0 Å². The Hall–Kier alpha value is -0.0800. The molecule has 2 aliphatic heterocycles. The van der Waals surface area contributed by atoms with Gasteiger partial charge in [-0.2, -0.15) is 0 Å². The first-order valence-electron chi connectivity index (χ1n) is 8.37. The van der Waals surface area contributed by atoms with E-state index in [4.69, 9.17) is 9.47 Å². The Morgan fingerprint density at radius 2 is 1.20 bits per heavy atom.